The lowest BCUT2D eigenvalue weighted by molar-refractivity contribution is -0.123. The van der Waals surface area contributed by atoms with Crippen molar-refractivity contribution in [3.05, 3.63) is 23.8 Å². The van der Waals surface area contributed by atoms with Crippen molar-refractivity contribution in [2.75, 3.05) is 26.8 Å². The molecule has 6 heteroatoms. The van der Waals surface area contributed by atoms with Gasteiger partial charge in [-0.3, -0.25) is 9.59 Å². The van der Waals surface area contributed by atoms with Gasteiger partial charge in [0.15, 0.2) is 11.5 Å². The van der Waals surface area contributed by atoms with Gasteiger partial charge < -0.3 is 19.7 Å². The minimum atomic E-state index is -0.332. The van der Waals surface area contributed by atoms with Crippen molar-refractivity contribution >= 4 is 11.8 Å². The number of methoxy groups -OCH3 is 1. The zero-order chi connectivity index (χ0) is 18.3. The van der Waals surface area contributed by atoms with E-state index >= 15 is 0 Å². The molecule has 1 aromatic rings. The lowest BCUT2D eigenvalue weighted by Crippen LogP contribution is -2.47. The maximum absolute atomic E-state index is 12.7. The van der Waals surface area contributed by atoms with E-state index in [2.05, 4.69) is 5.32 Å². The Hall–Kier alpha value is -2.24. The van der Waals surface area contributed by atoms with E-state index in [0.717, 1.165) is 0 Å². The van der Waals surface area contributed by atoms with Gasteiger partial charge in [0.25, 0.3) is 5.91 Å². The van der Waals surface area contributed by atoms with Crippen molar-refractivity contribution in [3.63, 3.8) is 0 Å². The third-order valence-electron chi connectivity index (χ3n) is 3.23. The van der Waals surface area contributed by atoms with Crippen LogP contribution in [0.25, 0.3) is 0 Å². The highest BCUT2D eigenvalue weighted by Crippen LogP contribution is 2.28. The normalized spacial score (nSPS) is 10.9. The molecule has 0 saturated heterocycles. The van der Waals surface area contributed by atoms with Crippen molar-refractivity contribution in [1.29, 1.82) is 0 Å². The summed E-state index contributed by atoms with van der Waals surface area (Å²) < 4.78 is 10.7. The van der Waals surface area contributed by atoms with Crippen LogP contribution in [0.4, 0.5) is 0 Å². The Morgan fingerprint density at radius 1 is 1.17 bits per heavy atom. The molecule has 0 fully saturated rings. The summed E-state index contributed by atoms with van der Waals surface area (Å²) in [5.41, 5.74) is 0.131. The van der Waals surface area contributed by atoms with Crippen LogP contribution in [0, 0.1) is 0 Å². The van der Waals surface area contributed by atoms with Gasteiger partial charge in [-0.1, -0.05) is 0 Å². The highest BCUT2D eigenvalue weighted by Gasteiger charge is 2.21. The average Bonchev–Trinajstić information content (AvgIpc) is 2.50. The van der Waals surface area contributed by atoms with Crippen LogP contribution in [-0.2, 0) is 4.79 Å². The second-order valence-corrected chi connectivity index (χ2v) is 6.42. The third kappa shape index (κ3) is 5.76. The van der Waals surface area contributed by atoms with Gasteiger partial charge in [-0.2, -0.15) is 0 Å². The molecular formula is C18H28N2O4. The first-order chi connectivity index (χ1) is 11.2. The lowest BCUT2D eigenvalue weighted by Gasteiger charge is -2.25. The Morgan fingerprint density at radius 2 is 1.83 bits per heavy atom. The summed E-state index contributed by atoms with van der Waals surface area (Å²) in [6, 6.07) is 5.02. The molecule has 0 saturated carbocycles. The molecule has 134 valence electrons. The average molecular weight is 336 g/mol. The van der Waals surface area contributed by atoms with E-state index in [0.29, 0.717) is 30.2 Å². The van der Waals surface area contributed by atoms with Crippen LogP contribution in [-0.4, -0.2) is 49.1 Å². The molecule has 0 radical (unpaired) electrons. The number of ether oxygens (including phenoxy) is 2. The van der Waals surface area contributed by atoms with Crippen LogP contribution in [0.3, 0.4) is 0 Å². The van der Waals surface area contributed by atoms with Gasteiger partial charge in [-0.25, -0.2) is 0 Å². The Kier molecular flexibility index (Phi) is 7.07. The van der Waals surface area contributed by atoms with E-state index in [9.17, 15) is 9.59 Å². The molecule has 0 aliphatic carbocycles. The SMILES string of the molecule is CCOc1cc(C(=O)N(CC)CC(=O)NC(C)(C)C)ccc1OC. The highest BCUT2D eigenvalue weighted by atomic mass is 16.5. The molecule has 1 aromatic carbocycles. The summed E-state index contributed by atoms with van der Waals surface area (Å²) in [6.07, 6.45) is 0. The number of nitrogens with zero attached hydrogens (tertiary/aromatic N) is 1. The predicted molar refractivity (Wildman–Crippen MR) is 93.6 cm³/mol. The first kappa shape index (κ1) is 19.8. The molecule has 2 amide bonds. The zero-order valence-electron chi connectivity index (χ0n) is 15.4. The molecule has 6 nitrogen and oxygen atoms in total. The van der Waals surface area contributed by atoms with Crippen LogP contribution in [0.5, 0.6) is 11.5 Å². The quantitative estimate of drug-likeness (QED) is 0.830. The van der Waals surface area contributed by atoms with Gasteiger partial charge in [0.2, 0.25) is 5.91 Å². The summed E-state index contributed by atoms with van der Waals surface area (Å²) in [5.74, 6) is 0.685. The molecule has 0 spiro atoms. The zero-order valence-corrected chi connectivity index (χ0v) is 15.4. The molecule has 0 heterocycles. The van der Waals surface area contributed by atoms with Gasteiger partial charge in [-0.15, -0.1) is 0 Å². The van der Waals surface area contributed by atoms with Gasteiger partial charge >= 0.3 is 0 Å². The maximum atomic E-state index is 12.7. The number of hydrogen-bond donors (Lipinski definition) is 1. The van der Waals surface area contributed by atoms with Crippen molar-refractivity contribution < 1.29 is 19.1 Å². The monoisotopic (exact) mass is 336 g/mol. The molecule has 1 rings (SSSR count). The molecule has 0 atom stereocenters. The number of carbonyl (C=O) groups excluding carboxylic acids is 2. The predicted octanol–water partition coefficient (Wildman–Crippen LogP) is 2.47. The summed E-state index contributed by atoms with van der Waals surface area (Å²) >= 11 is 0. The van der Waals surface area contributed by atoms with Crippen LogP contribution >= 0.6 is 0 Å². The Morgan fingerprint density at radius 3 is 2.33 bits per heavy atom. The largest absolute Gasteiger partial charge is 0.493 e. The molecule has 24 heavy (non-hydrogen) atoms. The lowest BCUT2D eigenvalue weighted by atomic mass is 10.1. The number of amides is 2. The van der Waals surface area contributed by atoms with E-state index in [1.807, 2.05) is 34.6 Å². The Labute approximate surface area is 144 Å². The van der Waals surface area contributed by atoms with Crippen molar-refractivity contribution in [3.8, 4) is 11.5 Å². The van der Waals surface area contributed by atoms with Crippen LogP contribution in [0.15, 0.2) is 18.2 Å². The second-order valence-electron chi connectivity index (χ2n) is 6.42. The second kappa shape index (κ2) is 8.57. The highest BCUT2D eigenvalue weighted by molar-refractivity contribution is 5.97. The number of benzene rings is 1. The van der Waals surface area contributed by atoms with Crippen LogP contribution in [0.2, 0.25) is 0 Å². The smallest absolute Gasteiger partial charge is 0.254 e. The van der Waals surface area contributed by atoms with E-state index in [1.165, 1.54) is 4.90 Å². The molecule has 0 bridgehead atoms. The minimum Gasteiger partial charge on any atom is -0.493 e. The number of rotatable bonds is 7. The fourth-order valence-electron chi connectivity index (χ4n) is 2.22. The molecule has 0 aromatic heterocycles. The number of nitrogens with one attached hydrogen (secondary N) is 1. The summed E-state index contributed by atoms with van der Waals surface area (Å²) in [4.78, 5) is 26.3. The minimum absolute atomic E-state index is 0.0165. The Balaban J connectivity index is 2.93. The Bertz CT molecular complexity index is 579. The maximum Gasteiger partial charge on any atom is 0.254 e. The molecule has 0 unspecified atom stereocenters. The van der Waals surface area contributed by atoms with Gasteiger partial charge in [-0.05, 0) is 52.8 Å². The van der Waals surface area contributed by atoms with E-state index in [-0.39, 0.29) is 23.9 Å². The summed E-state index contributed by atoms with van der Waals surface area (Å²) in [7, 11) is 1.55. The standard InChI is InChI=1S/C18H28N2O4/c1-7-20(12-16(21)19-18(3,4)5)17(22)13-9-10-14(23-6)15(11-13)24-8-2/h9-11H,7-8,12H2,1-6H3,(H,19,21). The van der Waals surface area contributed by atoms with E-state index < -0.39 is 0 Å². The molecule has 0 aliphatic rings. The van der Waals surface area contributed by atoms with E-state index in [4.69, 9.17) is 9.47 Å². The van der Waals surface area contributed by atoms with Crippen molar-refractivity contribution in [2.24, 2.45) is 0 Å². The van der Waals surface area contributed by atoms with Gasteiger partial charge in [0, 0.05) is 17.6 Å². The molecular weight excluding hydrogens is 308 g/mol. The summed E-state index contributed by atoms with van der Waals surface area (Å²) in [5, 5.41) is 2.86. The van der Waals surface area contributed by atoms with Gasteiger partial charge in [0.05, 0.1) is 20.3 Å². The molecule has 1 N–H and O–H groups in total. The summed E-state index contributed by atoms with van der Waals surface area (Å²) in [6.45, 7) is 10.3. The van der Waals surface area contributed by atoms with Crippen LogP contribution < -0.4 is 14.8 Å². The topological polar surface area (TPSA) is 67.9 Å². The first-order valence-corrected chi connectivity index (χ1v) is 8.13. The van der Waals surface area contributed by atoms with E-state index in [1.54, 1.807) is 25.3 Å². The number of carbonyl (C=O) groups is 2. The number of likely N-dealkylation sites (N-methyl/N-ethyl adjacent to an activating group) is 1. The van der Waals surface area contributed by atoms with Crippen molar-refractivity contribution in [1.82, 2.24) is 10.2 Å². The fraction of sp³-hybridized carbons (Fsp3) is 0.556. The van der Waals surface area contributed by atoms with Gasteiger partial charge in [0.1, 0.15) is 0 Å². The van der Waals surface area contributed by atoms with Crippen LogP contribution in [0.1, 0.15) is 45.0 Å². The first-order valence-electron chi connectivity index (χ1n) is 8.13. The fourth-order valence-corrected chi connectivity index (χ4v) is 2.22. The third-order valence-corrected chi connectivity index (χ3v) is 3.23. The number of hydrogen-bond acceptors (Lipinski definition) is 4. The van der Waals surface area contributed by atoms with Crippen molar-refractivity contribution in [2.45, 2.75) is 40.2 Å². The molecule has 0 aliphatic heterocycles.